The molecule has 2 nitrogen and oxygen atoms in total. The van der Waals surface area contributed by atoms with E-state index in [0.29, 0.717) is 17.8 Å². The largest absolute Gasteiger partial charge is 0.305 e. The standard InChI is InChI=1S/C15H16F2N2/c1-3-18-14(15-13(17)5-4-8-19-15)11-6-7-12(16)10(2)9-11/h4-9,14,18H,3H2,1-2H3. The number of aromatic nitrogens is 1. The van der Waals surface area contributed by atoms with Crippen molar-refractivity contribution in [1.29, 1.82) is 0 Å². The molecular weight excluding hydrogens is 246 g/mol. The summed E-state index contributed by atoms with van der Waals surface area (Å²) in [5, 5.41) is 3.18. The van der Waals surface area contributed by atoms with Gasteiger partial charge < -0.3 is 5.32 Å². The third-order valence-corrected chi connectivity index (χ3v) is 2.98. The molecule has 0 aliphatic heterocycles. The van der Waals surface area contributed by atoms with Crippen LogP contribution < -0.4 is 5.32 Å². The second-order valence-corrected chi connectivity index (χ2v) is 4.37. The predicted molar refractivity (Wildman–Crippen MR) is 70.9 cm³/mol. The molecule has 1 atom stereocenters. The number of benzene rings is 1. The fourth-order valence-corrected chi connectivity index (χ4v) is 2.03. The number of hydrogen-bond acceptors (Lipinski definition) is 2. The molecule has 1 heterocycles. The average Bonchev–Trinajstić information content (AvgIpc) is 2.40. The van der Waals surface area contributed by atoms with Gasteiger partial charge in [-0.2, -0.15) is 0 Å². The third kappa shape index (κ3) is 2.96. The molecule has 0 radical (unpaired) electrons. The van der Waals surface area contributed by atoms with E-state index in [1.165, 1.54) is 12.1 Å². The molecule has 4 heteroatoms. The summed E-state index contributed by atoms with van der Waals surface area (Å²) < 4.78 is 27.2. The van der Waals surface area contributed by atoms with E-state index in [4.69, 9.17) is 0 Å². The SMILES string of the molecule is CCNC(c1ccc(F)c(C)c1)c1ncccc1F. The zero-order valence-corrected chi connectivity index (χ0v) is 11.0. The lowest BCUT2D eigenvalue weighted by atomic mass is 10.0. The molecule has 2 rings (SSSR count). The molecule has 2 aromatic rings. The van der Waals surface area contributed by atoms with Crippen molar-refractivity contribution >= 4 is 0 Å². The molecule has 0 aliphatic carbocycles. The minimum atomic E-state index is -0.370. The topological polar surface area (TPSA) is 24.9 Å². The highest BCUT2D eigenvalue weighted by molar-refractivity contribution is 5.32. The summed E-state index contributed by atoms with van der Waals surface area (Å²) in [5.41, 5.74) is 1.67. The van der Waals surface area contributed by atoms with Gasteiger partial charge >= 0.3 is 0 Å². The summed E-state index contributed by atoms with van der Waals surface area (Å²) in [4.78, 5) is 4.09. The minimum Gasteiger partial charge on any atom is -0.305 e. The number of nitrogens with zero attached hydrogens (tertiary/aromatic N) is 1. The lowest BCUT2D eigenvalue weighted by Crippen LogP contribution is -2.24. The second kappa shape index (κ2) is 5.89. The zero-order chi connectivity index (χ0) is 13.8. The van der Waals surface area contributed by atoms with Crippen LogP contribution in [0.4, 0.5) is 8.78 Å². The van der Waals surface area contributed by atoms with E-state index < -0.39 is 0 Å². The van der Waals surface area contributed by atoms with Crippen LogP contribution in [0.15, 0.2) is 36.5 Å². The minimum absolute atomic E-state index is 0.263. The Balaban J connectivity index is 2.45. The molecule has 0 spiro atoms. The van der Waals surface area contributed by atoms with Crippen LogP contribution in [0.1, 0.15) is 29.8 Å². The van der Waals surface area contributed by atoms with Gasteiger partial charge in [0.05, 0.1) is 11.7 Å². The van der Waals surface area contributed by atoms with Crippen molar-refractivity contribution in [3.05, 3.63) is 65.0 Å². The van der Waals surface area contributed by atoms with E-state index in [9.17, 15) is 8.78 Å². The first-order chi connectivity index (χ1) is 9.13. The van der Waals surface area contributed by atoms with Gasteiger partial charge in [-0.05, 0) is 42.8 Å². The summed E-state index contributed by atoms with van der Waals surface area (Å²) >= 11 is 0. The van der Waals surface area contributed by atoms with Gasteiger partial charge in [0, 0.05) is 6.20 Å². The Morgan fingerprint density at radius 3 is 2.63 bits per heavy atom. The number of rotatable bonds is 4. The molecule has 0 fully saturated rings. The molecule has 0 saturated heterocycles. The van der Waals surface area contributed by atoms with Crippen LogP contribution >= 0.6 is 0 Å². The maximum Gasteiger partial charge on any atom is 0.146 e. The van der Waals surface area contributed by atoms with Gasteiger partial charge in [-0.1, -0.05) is 19.1 Å². The van der Waals surface area contributed by atoms with Gasteiger partial charge in [-0.25, -0.2) is 8.78 Å². The average molecular weight is 262 g/mol. The van der Waals surface area contributed by atoms with Gasteiger partial charge in [0.2, 0.25) is 0 Å². The van der Waals surface area contributed by atoms with E-state index in [1.54, 1.807) is 31.3 Å². The van der Waals surface area contributed by atoms with Crippen LogP contribution in [0.25, 0.3) is 0 Å². The highest BCUT2D eigenvalue weighted by Gasteiger charge is 2.18. The molecule has 1 N–H and O–H groups in total. The summed E-state index contributed by atoms with van der Waals surface area (Å²) in [6.07, 6.45) is 1.55. The van der Waals surface area contributed by atoms with Crippen LogP contribution in [-0.2, 0) is 0 Å². The highest BCUT2D eigenvalue weighted by atomic mass is 19.1. The number of aryl methyl sites for hydroxylation is 1. The fraction of sp³-hybridized carbons (Fsp3) is 0.267. The van der Waals surface area contributed by atoms with Crippen LogP contribution in [0.5, 0.6) is 0 Å². The van der Waals surface area contributed by atoms with E-state index in [2.05, 4.69) is 10.3 Å². The monoisotopic (exact) mass is 262 g/mol. The Morgan fingerprint density at radius 1 is 1.21 bits per heavy atom. The number of hydrogen-bond donors (Lipinski definition) is 1. The van der Waals surface area contributed by atoms with Crippen molar-refractivity contribution in [1.82, 2.24) is 10.3 Å². The molecule has 1 aromatic heterocycles. The smallest absolute Gasteiger partial charge is 0.146 e. The molecule has 19 heavy (non-hydrogen) atoms. The molecule has 0 aliphatic rings. The fourth-order valence-electron chi connectivity index (χ4n) is 2.03. The van der Waals surface area contributed by atoms with E-state index >= 15 is 0 Å². The normalized spacial score (nSPS) is 12.4. The lowest BCUT2D eigenvalue weighted by molar-refractivity contribution is 0.541. The number of halogens is 2. The van der Waals surface area contributed by atoms with E-state index in [0.717, 1.165) is 5.56 Å². The van der Waals surface area contributed by atoms with Crippen LogP contribution in [0.3, 0.4) is 0 Å². The van der Waals surface area contributed by atoms with Crippen molar-refractivity contribution in [3.63, 3.8) is 0 Å². The van der Waals surface area contributed by atoms with Gasteiger partial charge in [0.25, 0.3) is 0 Å². The van der Waals surface area contributed by atoms with Crippen molar-refractivity contribution < 1.29 is 8.78 Å². The van der Waals surface area contributed by atoms with Crippen molar-refractivity contribution in [2.75, 3.05) is 6.54 Å². The van der Waals surface area contributed by atoms with Crippen molar-refractivity contribution in [2.45, 2.75) is 19.9 Å². The first-order valence-corrected chi connectivity index (χ1v) is 6.23. The van der Waals surface area contributed by atoms with Gasteiger partial charge in [-0.3, -0.25) is 4.98 Å². The van der Waals surface area contributed by atoms with Crippen LogP contribution in [0, 0.1) is 18.6 Å². The Hall–Kier alpha value is -1.81. The van der Waals surface area contributed by atoms with Gasteiger partial charge in [-0.15, -0.1) is 0 Å². The molecule has 0 saturated carbocycles. The molecule has 1 aromatic carbocycles. The Bertz CT molecular complexity index is 570. The molecule has 0 bridgehead atoms. The van der Waals surface area contributed by atoms with Gasteiger partial charge in [0.1, 0.15) is 11.6 Å². The Morgan fingerprint density at radius 2 is 2.00 bits per heavy atom. The summed E-state index contributed by atoms with van der Waals surface area (Å²) in [6.45, 7) is 4.29. The summed E-state index contributed by atoms with van der Waals surface area (Å²) in [5.74, 6) is -0.629. The summed E-state index contributed by atoms with van der Waals surface area (Å²) in [7, 11) is 0. The highest BCUT2D eigenvalue weighted by Crippen LogP contribution is 2.24. The zero-order valence-electron chi connectivity index (χ0n) is 11.0. The quantitative estimate of drug-likeness (QED) is 0.913. The molecular formula is C15H16F2N2. The van der Waals surface area contributed by atoms with Gasteiger partial charge in [0.15, 0.2) is 0 Å². The Labute approximate surface area is 111 Å². The maximum atomic E-state index is 13.9. The molecule has 100 valence electrons. The van der Waals surface area contributed by atoms with E-state index in [-0.39, 0.29) is 17.7 Å². The van der Waals surface area contributed by atoms with Crippen LogP contribution in [-0.4, -0.2) is 11.5 Å². The lowest BCUT2D eigenvalue weighted by Gasteiger charge is -2.19. The van der Waals surface area contributed by atoms with Crippen molar-refractivity contribution in [3.8, 4) is 0 Å². The first-order valence-electron chi connectivity index (χ1n) is 6.23. The number of pyridine rings is 1. The Kier molecular flexibility index (Phi) is 4.22. The first kappa shape index (κ1) is 13.6. The van der Waals surface area contributed by atoms with Crippen LogP contribution in [0.2, 0.25) is 0 Å². The van der Waals surface area contributed by atoms with Crippen molar-refractivity contribution in [2.24, 2.45) is 0 Å². The number of nitrogens with one attached hydrogen (secondary N) is 1. The second-order valence-electron chi connectivity index (χ2n) is 4.37. The summed E-state index contributed by atoms with van der Waals surface area (Å²) in [6, 6.07) is 7.34. The molecule has 1 unspecified atom stereocenters. The predicted octanol–water partition coefficient (Wildman–Crippen LogP) is 3.37. The van der Waals surface area contributed by atoms with E-state index in [1.807, 2.05) is 6.92 Å². The third-order valence-electron chi connectivity index (χ3n) is 2.98. The molecule has 0 amide bonds. The maximum absolute atomic E-state index is 13.9.